The van der Waals surface area contributed by atoms with Gasteiger partial charge in [-0.15, -0.1) is 12.4 Å². The first kappa shape index (κ1) is 23.0. The second-order valence-electron chi connectivity index (χ2n) is 7.54. The lowest BCUT2D eigenvalue weighted by atomic mass is 9.96. The van der Waals surface area contributed by atoms with Crippen molar-refractivity contribution < 1.29 is 0 Å². The molecule has 0 atom stereocenters. The predicted molar refractivity (Wildman–Crippen MR) is 128 cm³/mol. The lowest BCUT2D eigenvalue weighted by molar-refractivity contribution is 0.556. The fourth-order valence-corrected chi connectivity index (χ4v) is 4.28. The quantitative estimate of drug-likeness (QED) is 0.244. The van der Waals surface area contributed by atoms with Gasteiger partial charge in [0.1, 0.15) is 0 Å². The number of halogens is 2. The third kappa shape index (κ3) is 5.86. The Labute approximate surface area is 181 Å². The molecule has 0 heterocycles. The summed E-state index contributed by atoms with van der Waals surface area (Å²) in [6.45, 7) is 4.26. The molecule has 0 unspecified atom stereocenters. The van der Waals surface area contributed by atoms with Crippen molar-refractivity contribution in [1.29, 1.82) is 0 Å². The Balaban J connectivity index is 0.00000280. The zero-order valence-electron chi connectivity index (χ0n) is 17.0. The minimum absolute atomic E-state index is 0. The lowest BCUT2D eigenvalue weighted by Gasteiger charge is -2.14. The van der Waals surface area contributed by atoms with Gasteiger partial charge in [0, 0.05) is 17.3 Å². The molecule has 28 heavy (non-hydrogen) atoms. The van der Waals surface area contributed by atoms with Gasteiger partial charge in [0.25, 0.3) is 0 Å². The van der Waals surface area contributed by atoms with Gasteiger partial charge in [-0.2, -0.15) is 0 Å². The Kier molecular flexibility index (Phi) is 10.1. The highest BCUT2D eigenvalue weighted by molar-refractivity contribution is 6.41. The molecule has 0 aliphatic carbocycles. The Hall–Kier alpha value is -1.28. The number of unbranched alkanes of at least 4 members (excludes halogenated alkanes) is 7. The van der Waals surface area contributed by atoms with E-state index >= 15 is 0 Å². The maximum Gasteiger partial charge on any atom is 0.0562 e. The molecule has 3 aromatic carbocycles. The molecule has 0 spiro atoms. The van der Waals surface area contributed by atoms with Crippen molar-refractivity contribution >= 4 is 45.6 Å². The van der Waals surface area contributed by atoms with Crippen LogP contribution < -0.4 is 5.32 Å². The molecule has 0 aliphatic heterocycles. The van der Waals surface area contributed by atoms with E-state index in [9.17, 15) is 0 Å². The molecule has 1 nitrogen and oxygen atoms in total. The van der Waals surface area contributed by atoms with Crippen LogP contribution in [0.15, 0.2) is 48.5 Å². The lowest BCUT2D eigenvalue weighted by Crippen LogP contribution is -2.15. The first-order valence-electron chi connectivity index (χ1n) is 10.6. The van der Waals surface area contributed by atoms with Gasteiger partial charge in [0.2, 0.25) is 0 Å². The van der Waals surface area contributed by atoms with Crippen LogP contribution in [0, 0.1) is 0 Å². The molecule has 0 fully saturated rings. The van der Waals surface area contributed by atoms with E-state index in [1.165, 1.54) is 67.7 Å². The maximum atomic E-state index is 6.69. The van der Waals surface area contributed by atoms with Crippen molar-refractivity contribution in [2.75, 3.05) is 6.54 Å². The number of rotatable bonds is 11. The van der Waals surface area contributed by atoms with E-state index in [4.69, 9.17) is 11.6 Å². The average molecular weight is 418 g/mol. The molecule has 1 N–H and O–H groups in total. The first-order chi connectivity index (χ1) is 13.3. The van der Waals surface area contributed by atoms with E-state index < -0.39 is 0 Å². The summed E-state index contributed by atoms with van der Waals surface area (Å²) in [5.41, 5.74) is 1.37. The van der Waals surface area contributed by atoms with Crippen molar-refractivity contribution in [1.82, 2.24) is 5.32 Å². The van der Waals surface area contributed by atoms with Crippen LogP contribution in [0.5, 0.6) is 0 Å². The Morgan fingerprint density at radius 2 is 1.14 bits per heavy atom. The van der Waals surface area contributed by atoms with Crippen LogP contribution in [-0.4, -0.2) is 6.54 Å². The molecule has 0 aromatic heterocycles. The van der Waals surface area contributed by atoms with Gasteiger partial charge >= 0.3 is 0 Å². The number of benzene rings is 3. The summed E-state index contributed by atoms with van der Waals surface area (Å²) in [6.07, 6.45) is 10.9. The predicted octanol–water partition coefficient (Wildman–Crippen LogP) is 8.30. The van der Waals surface area contributed by atoms with E-state index in [-0.39, 0.29) is 12.4 Å². The van der Waals surface area contributed by atoms with Gasteiger partial charge in [0.15, 0.2) is 0 Å². The van der Waals surface area contributed by atoms with Crippen LogP contribution in [0.25, 0.3) is 21.5 Å². The zero-order valence-corrected chi connectivity index (χ0v) is 18.5. The molecule has 0 saturated heterocycles. The molecule has 3 rings (SSSR count). The molecule has 152 valence electrons. The van der Waals surface area contributed by atoms with Gasteiger partial charge in [-0.1, -0.05) is 112 Å². The number of hydrogen-bond donors (Lipinski definition) is 1. The van der Waals surface area contributed by atoms with Crippen molar-refractivity contribution in [3.63, 3.8) is 0 Å². The van der Waals surface area contributed by atoms with Crippen LogP contribution in [0.1, 0.15) is 63.9 Å². The van der Waals surface area contributed by atoms with Gasteiger partial charge in [-0.05, 0) is 29.3 Å². The highest BCUT2D eigenvalue weighted by Crippen LogP contribution is 2.35. The largest absolute Gasteiger partial charge is 0.313 e. The van der Waals surface area contributed by atoms with Crippen LogP contribution in [0.3, 0.4) is 0 Å². The van der Waals surface area contributed by atoms with Crippen LogP contribution in [0.4, 0.5) is 0 Å². The maximum absolute atomic E-state index is 6.69. The minimum atomic E-state index is 0. The Morgan fingerprint density at radius 1 is 0.679 bits per heavy atom. The van der Waals surface area contributed by atoms with E-state index in [0.717, 1.165) is 28.9 Å². The number of hydrogen-bond acceptors (Lipinski definition) is 1. The van der Waals surface area contributed by atoms with E-state index in [0.29, 0.717) is 0 Å². The Morgan fingerprint density at radius 3 is 1.68 bits per heavy atom. The smallest absolute Gasteiger partial charge is 0.0562 e. The highest BCUT2D eigenvalue weighted by atomic mass is 35.5. The van der Waals surface area contributed by atoms with Crippen LogP contribution in [0.2, 0.25) is 5.02 Å². The third-order valence-electron chi connectivity index (χ3n) is 5.49. The molecule has 0 amide bonds. The first-order valence-corrected chi connectivity index (χ1v) is 11.0. The normalized spacial score (nSPS) is 11.1. The summed E-state index contributed by atoms with van der Waals surface area (Å²) < 4.78 is 0. The van der Waals surface area contributed by atoms with Gasteiger partial charge < -0.3 is 5.32 Å². The summed E-state index contributed by atoms with van der Waals surface area (Å²) >= 11 is 6.69. The van der Waals surface area contributed by atoms with Crippen molar-refractivity contribution in [3.8, 4) is 0 Å². The van der Waals surface area contributed by atoms with E-state index in [1.54, 1.807) is 0 Å². The molecule has 0 radical (unpaired) electrons. The SMILES string of the molecule is CCCCCCCCCCNCc1c2ccccc2c(Cl)c2ccccc12.Cl. The molecular weight excluding hydrogens is 385 g/mol. The average Bonchev–Trinajstić information content (AvgIpc) is 2.71. The summed E-state index contributed by atoms with van der Waals surface area (Å²) in [6, 6.07) is 17.0. The summed E-state index contributed by atoms with van der Waals surface area (Å²) in [4.78, 5) is 0. The minimum Gasteiger partial charge on any atom is -0.313 e. The molecule has 3 heteroatoms. The molecular formula is C25H33Cl2N. The summed E-state index contributed by atoms with van der Waals surface area (Å²) in [7, 11) is 0. The standard InChI is InChI=1S/C25H32ClN.ClH/c1-2-3-4-5-6-7-8-13-18-27-19-24-20-14-9-11-16-22(20)25(26)23-17-12-10-15-21(23)24;/h9-12,14-17,27H,2-8,13,18-19H2,1H3;1H. The number of fused-ring (bicyclic) bond motifs is 2. The van der Waals surface area contributed by atoms with E-state index in [1.807, 2.05) is 0 Å². The summed E-state index contributed by atoms with van der Waals surface area (Å²) in [5.74, 6) is 0. The van der Waals surface area contributed by atoms with Gasteiger partial charge in [-0.3, -0.25) is 0 Å². The fraction of sp³-hybridized carbons (Fsp3) is 0.440. The van der Waals surface area contributed by atoms with Crippen LogP contribution >= 0.6 is 24.0 Å². The second kappa shape index (κ2) is 12.3. The topological polar surface area (TPSA) is 12.0 Å². The zero-order chi connectivity index (χ0) is 18.9. The van der Waals surface area contributed by atoms with Crippen molar-refractivity contribution in [2.24, 2.45) is 0 Å². The van der Waals surface area contributed by atoms with Gasteiger partial charge in [0.05, 0.1) is 5.02 Å². The number of nitrogens with one attached hydrogen (secondary N) is 1. The highest BCUT2D eigenvalue weighted by Gasteiger charge is 2.11. The Bertz CT molecular complexity index is 803. The van der Waals surface area contributed by atoms with Crippen LogP contribution in [-0.2, 0) is 6.54 Å². The third-order valence-corrected chi connectivity index (χ3v) is 5.89. The molecule has 3 aromatic rings. The fourth-order valence-electron chi connectivity index (χ4n) is 3.95. The van der Waals surface area contributed by atoms with E-state index in [2.05, 4.69) is 60.8 Å². The molecule has 0 saturated carbocycles. The van der Waals surface area contributed by atoms with Crippen molar-refractivity contribution in [3.05, 3.63) is 59.1 Å². The molecule has 0 aliphatic rings. The monoisotopic (exact) mass is 417 g/mol. The summed E-state index contributed by atoms with van der Waals surface area (Å²) in [5, 5.41) is 9.39. The second-order valence-corrected chi connectivity index (χ2v) is 7.91. The van der Waals surface area contributed by atoms with Gasteiger partial charge in [-0.25, -0.2) is 0 Å². The molecule has 0 bridgehead atoms. The van der Waals surface area contributed by atoms with Crippen molar-refractivity contribution in [2.45, 2.75) is 64.8 Å².